The van der Waals surface area contributed by atoms with Crippen LogP contribution in [0.25, 0.3) is 0 Å². The van der Waals surface area contributed by atoms with Gasteiger partial charge in [-0.15, -0.1) is 0 Å². The van der Waals surface area contributed by atoms with Crippen LogP contribution in [0.15, 0.2) is 23.3 Å². The molecule has 3 aliphatic carbocycles. The van der Waals surface area contributed by atoms with E-state index in [-0.39, 0.29) is 0 Å². The zero-order valence-corrected chi connectivity index (χ0v) is 16.1. The standard InChI is InChI=1S/C23H35O/c1-16(2)17-6-8-20-18(14-17)7-9-21-22(3,13-10-19-15-24-19)11-5-12-23(20,21)4/h7,10,14,16,19-21H,5-6,8-9,11-13,15H2,1-4H3/t19?,20-,21?,22-,23-/m1/s1. The number of hydrogen-bond donors (Lipinski definition) is 0. The lowest BCUT2D eigenvalue weighted by Crippen LogP contribution is -2.50. The molecule has 2 unspecified atom stereocenters. The van der Waals surface area contributed by atoms with Gasteiger partial charge in [0.15, 0.2) is 0 Å². The van der Waals surface area contributed by atoms with E-state index in [0.717, 1.165) is 18.4 Å². The van der Waals surface area contributed by atoms with Crippen LogP contribution in [0.3, 0.4) is 0 Å². The molecule has 0 bridgehead atoms. The summed E-state index contributed by atoms with van der Waals surface area (Å²) in [5, 5.41) is 0. The number of allylic oxidation sites excluding steroid dienone is 4. The first kappa shape index (κ1) is 16.9. The van der Waals surface area contributed by atoms with E-state index in [9.17, 15) is 0 Å². The zero-order valence-electron chi connectivity index (χ0n) is 16.1. The van der Waals surface area contributed by atoms with Gasteiger partial charge in [-0.05, 0) is 79.1 Å². The first-order valence-electron chi connectivity index (χ1n) is 10.3. The van der Waals surface area contributed by atoms with E-state index in [1.807, 2.05) is 0 Å². The Morgan fingerprint density at radius 3 is 2.79 bits per heavy atom. The molecule has 0 aromatic heterocycles. The maximum Gasteiger partial charge on any atom is 0.0841 e. The summed E-state index contributed by atoms with van der Waals surface area (Å²) in [6, 6.07) is 0. The molecule has 1 saturated carbocycles. The van der Waals surface area contributed by atoms with Crippen LogP contribution in [0.1, 0.15) is 72.6 Å². The summed E-state index contributed by atoms with van der Waals surface area (Å²) in [6.07, 6.45) is 17.6. The van der Waals surface area contributed by atoms with Crippen molar-refractivity contribution in [1.29, 1.82) is 0 Å². The molecule has 0 amide bonds. The molecule has 0 spiro atoms. The molecule has 5 atom stereocenters. The van der Waals surface area contributed by atoms with Gasteiger partial charge < -0.3 is 4.74 Å². The van der Waals surface area contributed by atoms with Crippen LogP contribution in [-0.2, 0) is 4.74 Å². The van der Waals surface area contributed by atoms with Gasteiger partial charge in [0.25, 0.3) is 0 Å². The minimum absolute atomic E-state index is 0.468. The Bertz CT molecular complexity index is 552. The van der Waals surface area contributed by atoms with Gasteiger partial charge in [0.05, 0.1) is 12.7 Å². The maximum absolute atomic E-state index is 5.45. The largest absolute Gasteiger partial charge is 0.373 e. The second-order valence-corrected chi connectivity index (χ2v) is 9.78. The van der Waals surface area contributed by atoms with Gasteiger partial charge in [0.1, 0.15) is 0 Å². The van der Waals surface area contributed by atoms with E-state index in [1.54, 1.807) is 11.1 Å². The Morgan fingerprint density at radius 1 is 1.29 bits per heavy atom. The van der Waals surface area contributed by atoms with Crippen molar-refractivity contribution < 1.29 is 4.74 Å². The Hall–Kier alpha value is -0.560. The van der Waals surface area contributed by atoms with Crippen molar-refractivity contribution in [3.63, 3.8) is 0 Å². The summed E-state index contributed by atoms with van der Waals surface area (Å²) in [5.41, 5.74) is 4.34. The predicted molar refractivity (Wildman–Crippen MR) is 101 cm³/mol. The average Bonchev–Trinajstić information content (AvgIpc) is 3.37. The molecule has 0 aromatic rings. The summed E-state index contributed by atoms with van der Waals surface area (Å²) in [4.78, 5) is 0. The first-order chi connectivity index (χ1) is 11.4. The van der Waals surface area contributed by atoms with Crippen molar-refractivity contribution in [3.05, 3.63) is 29.7 Å². The van der Waals surface area contributed by atoms with E-state index in [4.69, 9.17) is 4.74 Å². The first-order valence-corrected chi connectivity index (χ1v) is 10.3. The molecule has 4 rings (SSSR count). The van der Waals surface area contributed by atoms with Crippen LogP contribution < -0.4 is 0 Å². The van der Waals surface area contributed by atoms with Gasteiger partial charge in [-0.2, -0.15) is 0 Å². The molecular weight excluding hydrogens is 292 g/mol. The molecule has 1 nitrogen and oxygen atoms in total. The minimum Gasteiger partial charge on any atom is -0.373 e. The second kappa shape index (κ2) is 6.01. The van der Waals surface area contributed by atoms with Crippen molar-refractivity contribution in [2.75, 3.05) is 6.61 Å². The smallest absolute Gasteiger partial charge is 0.0841 e. The quantitative estimate of drug-likeness (QED) is 0.567. The number of epoxide rings is 1. The van der Waals surface area contributed by atoms with Crippen LogP contribution in [0, 0.1) is 35.0 Å². The van der Waals surface area contributed by atoms with Gasteiger partial charge >= 0.3 is 0 Å². The van der Waals surface area contributed by atoms with E-state index < -0.39 is 0 Å². The van der Waals surface area contributed by atoms with E-state index in [0.29, 0.717) is 22.9 Å². The van der Waals surface area contributed by atoms with E-state index in [2.05, 4.69) is 46.3 Å². The summed E-state index contributed by atoms with van der Waals surface area (Å²) < 4.78 is 5.45. The number of rotatable bonds is 4. The Morgan fingerprint density at radius 2 is 2.08 bits per heavy atom. The van der Waals surface area contributed by atoms with Crippen molar-refractivity contribution in [2.24, 2.45) is 28.6 Å². The van der Waals surface area contributed by atoms with Crippen LogP contribution in [0.2, 0.25) is 0 Å². The van der Waals surface area contributed by atoms with Crippen LogP contribution >= 0.6 is 0 Å². The highest BCUT2D eigenvalue weighted by atomic mass is 16.6. The highest BCUT2D eigenvalue weighted by molar-refractivity contribution is 5.35. The fourth-order valence-electron chi connectivity index (χ4n) is 6.31. The normalized spacial score (nSPS) is 44.5. The summed E-state index contributed by atoms with van der Waals surface area (Å²) in [6.45, 7) is 10.9. The van der Waals surface area contributed by atoms with E-state index in [1.165, 1.54) is 44.9 Å². The highest BCUT2D eigenvalue weighted by Crippen LogP contribution is 2.63. The van der Waals surface area contributed by atoms with Crippen LogP contribution in [0.5, 0.6) is 0 Å². The van der Waals surface area contributed by atoms with Gasteiger partial charge in [-0.3, -0.25) is 0 Å². The molecule has 1 heterocycles. The molecule has 1 aliphatic heterocycles. The molecule has 1 heteroatoms. The van der Waals surface area contributed by atoms with Crippen LogP contribution in [0.4, 0.5) is 0 Å². The van der Waals surface area contributed by atoms with Crippen molar-refractivity contribution in [2.45, 2.75) is 78.7 Å². The molecule has 133 valence electrons. The topological polar surface area (TPSA) is 12.5 Å². The third kappa shape index (κ3) is 2.81. The molecule has 2 fully saturated rings. The van der Waals surface area contributed by atoms with Gasteiger partial charge in [0, 0.05) is 0 Å². The van der Waals surface area contributed by atoms with Crippen LogP contribution in [-0.4, -0.2) is 12.7 Å². The average molecular weight is 328 g/mol. The summed E-state index contributed by atoms with van der Waals surface area (Å²) in [7, 11) is 0. The van der Waals surface area contributed by atoms with Crippen molar-refractivity contribution >= 4 is 0 Å². The molecule has 24 heavy (non-hydrogen) atoms. The number of fused-ring (bicyclic) bond motifs is 3. The Kier molecular flexibility index (Phi) is 4.23. The van der Waals surface area contributed by atoms with Gasteiger partial charge in [-0.25, -0.2) is 0 Å². The molecule has 4 aliphatic rings. The number of ether oxygens (including phenoxy) is 1. The zero-order chi connectivity index (χ0) is 16.9. The van der Waals surface area contributed by atoms with Gasteiger partial charge in [-0.1, -0.05) is 51.8 Å². The third-order valence-corrected chi connectivity index (χ3v) is 7.91. The minimum atomic E-state index is 0.468. The molecular formula is C23H35O. The Labute approximate surface area is 148 Å². The lowest BCUT2D eigenvalue weighted by molar-refractivity contribution is -0.0495. The van der Waals surface area contributed by atoms with Crippen molar-refractivity contribution in [3.8, 4) is 0 Å². The SMILES string of the molecule is CC(C)C1=CC2=CCC3[C@@](C)(C[CH]C4CO4)CCC[C@]3(C)[C@@H]2CC1. The Balaban J connectivity index is 1.60. The van der Waals surface area contributed by atoms with Gasteiger partial charge in [0.2, 0.25) is 0 Å². The fraction of sp³-hybridized carbons (Fsp3) is 0.783. The van der Waals surface area contributed by atoms with Crippen molar-refractivity contribution in [1.82, 2.24) is 0 Å². The summed E-state index contributed by atoms with van der Waals surface area (Å²) >= 11 is 0. The highest BCUT2D eigenvalue weighted by Gasteiger charge is 2.54. The van der Waals surface area contributed by atoms with E-state index >= 15 is 0 Å². The molecule has 1 saturated heterocycles. The molecule has 0 aromatic carbocycles. The third-order valence-electron chi connectivity index (χ3n) is 7.91. The molecule has 1 radical (unpaired) electrons. The maximum atomic E-state index is 5.45. The lowest BCUT2D eigenvalue weighted by atomic mass is 9.46. The monoisotopic (exact) mass is 327 g/mol. The number of hydrogen-bond acceptors (Lipinski definition) is 1. The predicted octanol–water partition coefficient (Wildman–Crippen LogP) is 6.11. The lowest BCUT2D eigenvalue weighted by Gasteiger charge is -2.58. The second-order valence-electron chi connectivity index (χ2n) is 9.78. The molecule has 0 N–H and O–H groups in total. The summed E-state index contributed by atoms with van der Waals surface area (Å²) in [5.74, 6) is 2.36. The fourth-order valence-corrected chi connectivity index (χ4v) is 6.31.